The van der Waals surface area contributed by atoms with Crippen LogP contribution in [0.4, 0.5) is 11.4 Å². The number of benzene rings is 3. The lowest BCUT2D eigenvalue weighted by atomic mass is 10.0. The number of nitrogens with zero attached hydrogens (tertiary/aromatic N) is 1. The van der Waals surface area contributed by atoms with Crippen molar-refractivity contribution in [3.63, 3.8) is 0 Å². The van der Waals surface area contributed by atoms with Gasteiger partial charge in [-0.25, -0.2) is 0 Å². The van der Waals surface area contributed by atoms with Crippen molar-refractivity contribution >= 4 is 28.1 Å². The summed E-state index contributed by atoms with van der Waals surface area (Å²) in [7, 11) is 1.60. The van der Waals surface area contributed by atoms with Gasteiger partial charge < -0.3 is 15.0 Å². The Labute approximate surface area is 159 Å². The number of anilines is 2. The molecule has 0 spiro atoms. The van der Waals surface area contributed by atoms with Crippen LogP contribution in [0.2, 0.25) is 0 Å². The molecule has 1 heterocycles. The molecule has 0 unspecified atom stereocenters. The second-order valence-electron chi connectivity index (χ2n) is 6.92. The molecule has 1 fully saturated rings. The molecule has 4 rings (SSSR count). The van der Waals surface area contributed by atoms with Gasteiger partial charge in [-0.3, -0.25) is 4.79 Å². The zero-order valence-electron chi connectivity index (χ0n) is 15.6. The van der Waals surface area contributed by atoms with Crippen molar-refractivity contribution in [2.75, 3.05) is 30.4 Å². The fourth-order valence-electron chi connectivity index (χ4n) is 3.75. The number of piperidine rings is 1. The lowest BCUT2D eigenvalue weighted by molar-refractivity contribution is 0.102. The molecular formula is C23H24N2O2. The third kappa shape index (κ3) is 3.61. The average Bonchev–Trinajstić information content (AvgIpc) is 2.73. The molecule has 3 aromatic carbocycles. The van der Waals surface area contributed by atoms with E-state index in [0.717, 1.165) is 35.2 Å². The predicted octanol–water partition coefficient (Wildman–Crippen LogP) is 5.09. The third-order valence-corrected chi connectivity index (χ3v) is 5.16. The molecule has 27 heavy (non-hydrogen) atoms. The van der Waals surface area contributed by atoms with Crippen LogP contribution in [0, 0.1) is 0 Å². The van der Waals surface area contributed by atoms with E-state index in [1.165, 1.54) is 19.3 Å². The van der Waals surface area contributed by atoms with Crippen molar-refractivity contribution in [2.45, 2.75) is 19.3 Å². The number of hydrogen-bond acceptors (Lipinski definition) is 3. The molecule has 0 atom stereocenters. The summed E-state index contributed by atoms with van der Waals surface area (Å²) >= 11 is 0. The van der Waals surface area contributed by atoms with Crippen molar-refractivity contribution in [1.82, 2.24) is 0 Å². The number of carbonyl (C=O) groups is 1. The van der Waals surface area contributed by atoms with E-state index in [4.69, 9.17) is 4.74 Å². The maximum atomic E-state index is 13.1. The van der Waals surface area contributed by atoms with Crippen LogP contribution in [-0.4, -0.2) is 26.1 Å². The standard InChI is InChI=1S/C23H24N2O2/c1-27-22-16-18-10-4-3-9-17(18)15-19(22)23(26)24-20-11-5-6-12-21(20)25-13-7-2-8-14-25/h3-6,9-12,15-16H,2,7-8,13-14H2,1H3,(H,24,26). The largest absolute Gasteiger partial charge is 0.496 e. The van der Waals surface area contributed by atoms with E-state index >= 15 is 0 Å². The molecule has 0 saturated carbocycles. The summed E-state index contributed by atoms with van der Waals surface area (Å²) in [6.07, 6.45) is 3.67. The molecule has 138 valence electrons. The van der Waals surface area contributed by atoms with Crippen LogP contribution in [0.3, 0.4) is 0 Å². The number of fused-ring (bicyclic) bond motifs is 1. The highest BCUT2D eigenvalue weighted by Gasteiger charge is 2.18. The molecule has 0 radical (unpaired) electrons. The van der Waals surface area contributed by atoms with Crippen molar-refractivity contribution in [3.8, 4) is 5.75 Å². The highest BCUT2D eigenvalue weighted by atomic mass is 16.5. The normalized spacial score (nSPS) is 14.2. The highest BCUT2D eigenvalue weighted by molar-refractivity contribution is 6.10. The molecule has 1 aliphatic heterocycles. The monoisotopic (exact) mass is 360 g/mol. The van der Waals surface area contributed by atoms with Crippen molar-refractivity contribution < 1.29 is 9.53 Å². The first kappa shape index (κ1) is 17.4. The first-order valence-corrected chi connectivity index (χ1v) is 9.48. The number of rotatable bonds is 4. The predicted molar refractivity (Wildman–Crippen MR) is 111 cm³/mol. The van der Waals surface area contributed by atoms with E-state index in [1.807, 2.05) is 54.6 Å². The quantitative estimate of drug-likeness (QED) is 0.704. The zero-order chi connectivity index (χ0) is 18.6. The van der Waals surface area contributed by atoms with Gasteiger partial charge in [0.1, 0.15) is 5.75 Å². The molecule has 0 aliphatic carbocycles. The van der Waals surface area contributed by atoms with Gasteiger partial charge in [-0.1, -0.05) is 36.4 Å². The highest BCUT2D eigenvalue weighted by Crippen LogP contribution is 2.31. The number of amides is 1. The van der Waals surface area contributed by atoms with E-state index in [9.17, 15) is 4.79 Å². The Morgan fingerprint density at radius 1 is 0.926 bits per heavy atom. The van der Waals surface area contributed by atoms with Crippen LogP contribution < -0.4 is 15.0 Å². The molecule has 1 aliphatic rings. The topological polar surface area (TPSA) is 41.6 Å². The smallest absolute Gasteiger partial charge is 0.259 e. The van der Waals surface area contributed by atoms with Gasteiger partial charge in [0, 0.05) is 13.1 Å². The first-order valence-electron chi connectivity index (χ1n) is 9.48. The summed E-state index contributed by atoms with van der Waals surface area (Å²) in [5.41, 5.74) is 2.48. The van der Waals surface area contributed by atoms with Crippen LogP contribution in [0.5, 0.6) is 5.75 Å². The second-order valence-corrected chi connectivity index (χ2v) is 6.92. The van der Waals surface area contributed by atoms with E-state index in [0.29, 0.717) is 11.3 Å². The summed E-state index contributed by atoms with van der Waals surface area (Å²) in [6, 6.07) is 19.8. The van der Waals surface area contributed by atoms with E-state index in [-0.39, 0.29) is 5.91 Å². The number of methoxy groups -OCH3 is 1. The van der Waals surface area contributed by atoms with Crippen LogP contribution in [0.15, 0.2) is 60.7 Å². The number of para-hydroxylation sites is 2. The van der Waals surface area contributed by atoms with Crippen LogP contribution in [0.25, 0.3) is 10.8 Å². The lowest BCUT2D eigenvalue weighted by Gasteiger charge is -2.30. The Kier molecular flexibility index (Phi) is 4.97. The minimum absolute atomic E-state index is 0.151. The van der Waals surface area contributed by atoms with Gasteiger partial charge in [0.15, 0.2) is 0 Å². The molecular weight excluding hydrogens is 336 g/mol. The Morgan fingerprint density at radius 2 is 1.59 bits per heavy atom. The number of nitrogens with one attached hydrogen (secondary N) is 1. The van der Waals surface area contributed by atoms with Gasteiger partial charge in [0.25, 0.3) is 5.91 Å². The molecule has 4 heteroatoms. The maximum absolute atomic E-state index is 13.1. The summed E-state index contributed by atoms with van der Waals surface area (Å²) in [5, 5.41) is 5.18. The minimum atomic E-state index is -0.151. The number of carbonyl (C=O) groups excluding carboxylic acids is 1. The van der Waals surface area contributed by atoms with E-state index in [2.05, 4.69) is 16.3 Å². The van der Waals surface area contributed by atoms with Crippen LogP contribution in [-0.2, 0) is 0 Å². The fraction of sp³-hybridized carbons (Fsp3) is 0.261. The Morgan fingerprint density at radius 3 is 2.33 bits per heavy atom. The lowest BCUT2D eigenvalue weighted by Crippen LogP contribution is -2.30. The van der Waals surface area contributed by atoms with Gasteiger partial charge in [-0.05, 0) is 54.3 Å². The average molecular weight is 360 g/mol. The molecule has 1 amide bonds. The summed E-state index contributed by atoms with van der Waals surface area (Å²) in [6.45, 7) is 2.07. The van der Waals surface area contributed by atoms with Gasteiger partial charge in [0.05, 0.1) is 24.0 Å². The van der Waals surface area contributed by atoms with E-state index in [1.54, 1.807) is 7.11 Å². The zero-order valence-corrected chi connectivity index (χ0v) is 15.6. The van der Waals surface area contributed by atoms with Crippen LogP contribution >= 0.6 is 0 Å². The second kappa shape index (κ2) is 7.70. The van der Waals surface area contributed by atoms with Crippen molar-refractivity contribution in [3.05, 3.63) is 66.2 Å². The molecule has 1 saturated heterocycles. The van der Waals surface area contributed by atoms with Gasteiger partial charge in [0.2, 0.25) is 0 Å². The van der Waals surface area contributed by atoms with Gasteiger partial charge in [-0.2, -0.15) is 0 Å². The first-order chi connectivity index (χ1) is 13.3. The molecule has 0 bridgehead atoms. The van der Waals surface area contributed by atoms with Crippen LogP contribution in [0.1, 0.15) is 29.6 Å². The summed E-state index contributed by atoms with van der Waals surface area (Å²) in [4.78, 5) is 15.4. The SMILES string of the molecule is COc1cc2ccccc2cc1C(=O)Nc1ccccc1N1CCCCC1. The van der Waals surface area contributed by atoms with Crippen molar-refractivity contribution in [2.24, 2.45) is 0 Å². The third-order valence-electron chi connectivity index (χ3n) is 5.16. The van der Waals surface area contributed by atoms with Gasteiger partial charge in [-0.15, -0.1) is 0 Å². The summed E-state index contributed by atoms with van der Waals surface area (Å²) in [5.74, 6) is 0.434. The summed E-state index contributed by atoms with van der Waals surface area (Å²) < 4.78 is 5.49. The van der Waals surface area contributed by atoms with E-state index < -0.39 is 0 Å². The Balaban J connectivity index is 1.66. The molecule has 3 aromatic rings. The number of ether oxygens (including phenoxy) is 1. The maximum Gasteiger partial charge on any atom is 0.259 e. The molecule has 1 N–H and O–H groups in total. The fourth-order valence-corrected chi connectivity index (χ4v) is 3.75. The minimum Gasteiger partial charge on any atom is -0.496 e. The molecule has 4 nitrogen and oxygen atoms in total. The van der Waals surface area contributed by atoms with Gasteiger partial charge >= 0.3 is 0 Å². The Hall–Kier alpha value is -3.01. The Bertz CT molecular complexity index is 962. The van der Waals surface area contributed by atoms with Crippen molar-refractivity contribution in [1.29, 1.82) is 0 Å². The number of hydrogen-bond donors (Lipinski definition) is 1. The molecule has 0 aromatic heterocycles.